The predicted octanol–water partition coefficient (Wildman–Crippen LogP) is 23.0. The van der Waals surface area contributed by atoms with Crippen molar-refractivity contribution in [2.45, 2.75) is 347 Å². The van der Waals surface area contributed by atoms with Gasteiger partial charge in [-0.3, -0.25) is 9.59 Å². The SMILES string of the molecule is CC/C=C\C/C=C\C/C=C\C/C=C\C/C=C\C/C=C\CCCCCCC(=O)OC(COC(=O)CCCCCCCCCCCCCCCCCCCCCCCCCCCCC/C=C\CCCCCCCCCC)COC(OCC[N+](C)(C)C)C(=O)O. The van der Waals surface area contributed by atoms with Crippen LogP contribution in [0.25, 0.3) is 0 Å². The molecule has 504 valence electrons. The number of hydrogen-bond acceptors (Lipinski definition) is 7. The molecule has 0 aromatic carbocycles. The molecule has 2 unspecified atom stereocenters. The maximum absolute atomic E-state index is 12.9. The highest BCUT2D eigenvalue weighted by atomic mass is 16.7. The average molecular weight is 1220 g/mol. The van der Waals surface area contributed by atoms with Crippen LogP contribution in [0.4, 0.5) is 0 Å². The van der Waals surface area contributed by atoms with Gasteiger partial charge < -0.3 is 28.5 Å². The van der Waals surface area contributed by atoms with E-state index in [1.54, 1.807) is 0 Å². The molecule has 87 heavy (non-hydrogen) atoms. The number of carboxylic acids is 1. The van der Waals surface area contributed by atoms with Crippen LogP contribution in [-0.4, -0.2) is 87.4 Å². The number of likely N-dealkylation sites (N-methyl/N-ethyl adjacent to an activating group) is 1. The molecular weight excluding hydrogens is 1080 g/mol. The third kappa shape index (κ3) is 69.8. The highest BCUT2D eigenvalue weighted by Crippen LogP contribution is 2.18. The number of carboxylic acid groups (broad SMARTS) is 1. The van der Waals surface area contributed by atoms with Crippen molar-refractivity contribution >= 4 is 17.9 Å². The number of carbonyl (C=O) groups excluding carboxylic acids is 2. The fraction of sp³-hybridized carbons (Fsp3) is 0.782. The lowest BCUT2D eigenvalue weighted by atomic mass is 10.0. The monoisotopic (exact) mass is 1220 g/mol. The Morgan fingerprint density at radius 1 is 0.356 bits per heavy atom. The lowest BCUT2D eigenvalue weighted by Crippen LogP contribution is -2.40. The van der Waals surface area contributed by atoms with E-state index in [0.29, 0.717) is 23.9 Å². The summed E-state index contributed by atoms with van der Waals surface area (Å²) in [5.74, 6) is -2.03. The average Bonchev–Trinajstić information content (AvgIpc) is 3.50. The topological polar surface area (TPSA) is 108 Å². The minimum Gasteiger partial charge on any atom is -0.477 e. The Morgan fingerprint density at radius 2 is 0.655 bits per heavy atom. The first-order chi connectivity index (χ1) is 42.6. The first-order valence-electron chi connectivity index (χ1n) is 36.8. The van der Waals surface area contributed by atoms with Crippen molar-refractivity contribution in [2.75, 3.05) is 47.5 Å². The Kier molecular flexibility index (Phi) is 65.6. The molecule has 0 radical (unpaired) electrons. The highest BCUT2D eigenvalue weighted by Gasteiger charge is 2.25. The molecule has 0 amide bonds. The van der Waals surface area contributed by atoms with Gasteiger partial charge in [-0.15, -0.1) is 0 Å². The van der Waals surface area contributed by atoms with E-state index in [-0.39, 0.29) is 32.2 Å². The predicted molar refractivity (Wildman–Crippen MR) is 373 cm³/mol. The summed E-state index contributed by atoms with van der Waals surface area (Å²) >= 11 is 0. The molecule has 0 aromatic heterocycles. The summed E-state index contributed by atoms with van der Waals surface area (Å²) in [7, 11) is 5.97. The molecule has 0 bridgehead atoms. The number of ether oxygens (including phenoxy) is 4. The smallest absolute Gasteiger partial charge is 0.361 e. The van der Waals surface area contributed by atoms with Crippen LogP contribution in [-0.2, 0) is 33.3 Å². The summed E-state index contributed by atoms with van der Waals surface area (Å²) in [6, 6.07) is 0. The zero-order valence-electron chi connectivity index (χ0n) is 57.7. The Morgan fingerprint density at radius 3 is 0.989 bits per heavy atom. The Bertz CT molecular complexity index is 1700. The van der Waals surface area contributed by atoms with Crippen LogP contribution in [0.5, 0.6) is 0 Å². The number of unbranched alkanes of at least 4 members (excludes halogenated alkanes) is 39. The molecule has 0 saturated heterocycles. The van der Waals surface area contributed by atoms with Crippen LogP contribution in [0.1, 0.15) is 335 Å². The van der Waals surface area contributed by atoms with Gasteiger partial charge in [0.1, 0.15) is 13.2 Å². The fourth-order valence-electron chi connectivity index (χ4n) is 10.5. The molecule has 0 aliphatic carbocycles. The van der Waals surface area contributed by atoms with Crippen molar-refractivity contribution in [3.8, 4) is 0 Å². The van der Waals surface area contributed by atoms with Crippen LogP contribution in [0.2, 0.25) is 0 Å². The third-order valence-electron chi connectivity index (χ3n) is 16.1. The standard InChI is InChI=1S/C78H139NO8/c1-6-8-10-12-14-16-18-20-22-24-26-28-30-31-32-33-34-35-36-37-38-39-40-41-42-43-44-45-47-48-50-52-54-56-58-60-62-64-66-68-75(80)85-72-74(73-86-78(77(82)83)84-71-70-79(3,4)5)87-76(81)69-67-65-63-61-59-57-55-53-51-49-46-29-27-25-23-21-19-17-15-13-11-9-7-2/h9,11,15,17,21,23-24,26-27,29,49,51,55,57,74,78H,6-8,10,12-14,16,18-20,22,25,28,30-48,50,52-54,56,58-73H2,1-5H3/p+1/b11-9-,17-15-,23-21-,26-24-,29-27-,51-49-,57-55-. The number of quaternary nitrogens is 1. The van der Waals surface area contributed by atoms with Gasteiger partial charge in [0, 0.05) is 12.8 Å². The lowest BCUT2D eigenvalue weighted by Gasteiger charge is -2.25. The van der Waals surface area contributed by atoms with E-state index in [4.69, 9.17) is 18.9 Å². The molecular formula is C78H140NO8+. The molecule has 9 nitrogen and oxygen atoms in total. The third-order valence-corrected chi connectivity index (χ3v) is 16.1. The number of rotatable bonds is 68. The van der Waals surface area contributed by atoms with Gasteiger partial charge in [-0.1, -0.05) is 317 Å². The van der Waals surface area contributed by atoms with Gasteiger partial charge >= 0.3 is 17.9 Å². The molecule has 0 saturated carbocycles. The summed E-state index contributed by atoms with van der Waals surface area (Å²) in [5, 5.41) is 9.74. The second-order valence-corrected chi connectivity index (χ2v) is 25.9. The molecule has 2 atom stereocenters. The van der Waals surface area contributed by atoms with Gasteiger partial charge in [-0.05, 0) is 89.9 Å². The molecule has 0 rings (SSSR count). The summed E-state index contributed by atoms with van der Waals surface area (Å²) in [5.41, 5.74) is 0. The van der Waals surface area contributed by atoms with Crippen molar-refractivity contribution in [3.63, 3.8) is 0 Å². The van der Waals surface area contributed by atoms with Crippen molar-refractivity contribution in [3.05, 3.63) is 85.1 Å². The van der Waals surface area contributed by atoms with Crippen LogP contribution in [0.15, 0.2) is 85.1 Å². The lowest BCUT2D eigenvalue weighted by molar-refractivity contribution is -0.870. The minimum atomic E-state index is -1.52. The first kappa shape index (κ1) is 83.5. The molecule has 0 heterocycles. The Balaban J connectivity index is 4.01. The number of nitrogens with zero attached hydrogens (tertiary/aromatic N) is 1. The molecule has 0 fully saturated rings. The van der Waals surface area contributed by atoms with Crippen LogP contribution in [0, 0.1) is 0 Å². The maximum Gasteiger partial charge on any atom is 0.361 e. The molecule has 0 aliphatic rings. The normalized spacial score (nSPS) is 13.2. The first-order valence-corrected chi connectivity index (χ1v) is 36.8. The quantitative estimate of drug-likeness (QED) is 0.0211. The van der Waals surface area contributed by atoms with E-state index >= 15 is 0 Å². The van der Waals surface area contributed by atoms with Gasteiger partial charge in [0.2, 0.25) is 0 Å². The maximum atomic E-state index is 12.9. The fourth-order valence-corrected chi connectivity index (χ4v) is 10.5. The van der Waals surface area contributed by atoms with E-state index in [1.165, 1.54) is 218 Å². The van der Waals surface area contributed by atoms with E-state index in [2.05, 4.69) is 98.9 Å². The number of carbonyl (C=O) groups is 3. The largest absolute Gasteiger partial charge is 0.477 e. The van der Waals surface area contributed by atoms with Gasteiger partial charge in [0.15, 0.2) is 6.10 Å². The number of esters is 2. The van der Waals surface area contributed by atoms with Crippen molar-refractivity contribution in [2.24, 2.45) is 0 Å². The zero-order chi connectivity index (χ0) is 63.3. The Labute approximate surface area is 538 Å². The van der Waals surface area contributed by atoms with Gasteiger partial charge in [-0.25, -0.2) is 4.79 Å². The zero-order valence-corrected chi connectivity index (χ0v) is 57.7. The van der Waals surface area contributed by atoms with E-state index in [9.17, 15) is 19.5 Å². The van der Waals surface area contributed by atoms with Gasteiger partial charge in [0.05, 0.1) is 34.4 Å². The van der Waals surface area contributed by atoms with Crippen molar-refractivity contribution in [1.29, 1.82) is 0 Å². The van der Waals surface area contributed by atoms with Crippen molar-refractivity contribution < 1.29 is 42.9 Å². The molecule has 0 spiro atoms. The van der Waals surface area contributed by atoms with E-state index in [0.717, 1.165) is 83.5 Å². The summed E-state index contributed by atoms with van der Waals surface area (Å²) < 4.78 is 22.9. The summed E-state index contributed by atoms with van der Waals surface area (Å²) in [4.78, 5) is 37.6. The second-order valence-electron chi connectivity index (χ2n) is 25.9. The number of hydrogen-bond donors (Lipinski definition) is 1. The highest BCUT2D eigenvalue weighted by molar-refractivity contribution is 5.71. The molecule has 9 heteroatoms. The van der Waals surface area contributed by atoms with Crippen LogP contribution < -0.4 is 0 Å². The minimum absolute atomic E-state index is 0.180. The molecule has 1 N–H and O–H groups in total. The van der Waals surface area contributed by atoms with Crippen LogP contribution in [0.3, 0.4) is 0 Å². The van der Waals surface area contributed by atoms with Gasteiger partial charge in [0.25, 0.3) is 6.29 Å². The summed E-state index contributed by atoms with van der Waals surface area (Å²) in [6.07, 6.45) is 90.2. The Hall–Kier alpha value is -3.53. The number of aliphatic carboxylic acids is 1. The van der Waals surface area contributed by atoms with Crippen LogP contribution >= 0.6 is 0 Å². The van der Waals surface area contributed by atoms with Crippen molar-refractivity contribution in [1.82, 2.24) is 0 Å². The van der Waals surface area contributed by atoms with Gasteiger partial charge in [-0.2, -0.15) is 0 Å². The number of allylic oxidation sites excluding steroid dienone is 14. The summed E-state index contributed by atoms with van der Waals surface area (Å²) in [6.45, 7) is 4.76. The second kappa shape index (κ2) is 68.4. The van der Waals surface area contributed by atoms with E-state index in [1.807, 2.05) is 21.1 Å². The van der Waals surface area contributed by atoms with E-state index < -0.39 is 24.3 Å². The molecule has 0 aromatic rings. The molecule has 0 aliphatic heterocycles.